The highest BCUT2D eigenvalue weighted by molar-refractivity contribution is 5.96. The molecule has 0 fully saturated rings. The van der Waals surface area contributed by atoms with E-state index in [9.17, 15) is 9.90 Å². The zero-order chi connectivity index (χ0) is 17.5. The molecular weight excluding hydrogens is 312 g/mol. The van der Waals surface area contributed by atoms with Crippen molar-refractivity contribution in [2.45, 2.75) is 0 Å². The van der Waals surface area contributed by atoms with Crippen molar-refractivity contribution >= 4 is 12.1 Å². The smallest absolute Gasteiger partial charge is 0.271 e. The summed E-state index contributed by atoms with van der Waals surface area (Å²) in [6.07, 6.45) is 1.43. The van der Waals surface area contributed by atoms with E-state index in [1.807, 2.05) is 0 Å². The molecule has 1 amide bonds. The van der Waals surface area contributed by atoms with E-state index in [1.54, 1.807) is 18.2 Å². The van der Waals surface area contributed by atoms with Crippen LogP contribution in [0.25, 0.3) is 0 Å². The minimum atomic E-state index is -0.439. The Kier molecular flexibility index (Phi) is 5.62. The molecule has 2 aromatic rings. The minimum absolute atomic E-state index is 0.120. The predicted octanol–water partition coefficient (Wildman–Crippen LogP) is 2.18. The van der Waals surface area contributed by atoms with Gasteiger partial charge in [-0.2, -0.15) is 5.10 Å². The van der Waals surface area contributed by atoms with Crippen LogP contribution < -0.4 is 19.6 Å². The maximum Gasteiger partial charge on any atom is 0.271 e. The van der Waals surface area contributed by atoms with Crippen molar-refractivity contribution in [2.24, 2.45) is 5.10 Å². The molecule has 0 bridgehead atoms. The van der Waals surface area contributed by atoms with Gasteiger partial charge in [0.2, 0.25) is 5.75 Å². The average molecular weight is 330 g/mol. The van der Waals surface area contributed by atoms with E-state index in [4.69, 9.17) is 14.2 Å². The summed E-state index contributed by atoms with van der Waals surface area (Å²) < 4.78 is 15.6. The Morgan fingerprint density at radius 2 is 1.75 bits per heavy atom. The fourth-order valence-electron chi connectivity index (χ4n) is 2.05. The van der Waals surface area contributed by atoms with Crippen LogP contribution in [0.5, 0.6) is 23.0 Å². The molecule has 7 heteroatoms. The Morgan fingerprint density at radius 3 is 2.29 bits per heavy atom. The van der Waals surface area contributed by atoms with Crippen molar-refractivity contribution in [3.8, 4) is 23.0 Å². The standard InChI is InChI=1S/C17H18N2O5/c1-22-14-8-12(9-15(23-2)16(14)24-3)17(21)19-18-10-11-5-4-6-13(20)7-11/h4-10,20H,1-3H3,(H,19,21)/b18-10+. The molecule has 7 nitrogen and oxygen atoms in total. The van der Waals surface area contributed by atoms with Crippen LogP contribution >= 0.6 is 0 Å². The summed E-state index contributed by atoms with van der Waals surface area (Å²) in [6, 6.07) is 9.55. The van der Waals surface area contributed by atoms with E-state index in [1.165, 1.54) is 45.7 Å². The number of hydrogen-bond donors (Lipinski definition) is 2. The number of phenols is 1. The summed E-state index contributed by atoms with van der Waals surface area (Å²) in [7, 11) is 4.43. The molecule has 126 valence electrons. The van der Waals surface area contributed by atoms with Gasteiger partial charge in [-0.15, -0.1) is 0 Å². The molecule has 0 heterocycles. The third kappa shape index (κ3) is 3.95. The Balaban J connectivity index is 2.17. The van der Waals surface area contributed by atoms with Crippen LogP contribution in [0.4, 0.5) is 0 Å². The maximum absolute atomic E-state index is 12.2. The van der Waals surface area contributed by atoms with Crippen molar-refractivity contribution in [3.63, 3.8) is 0 Å². The first-order valence-corrected chi connectivity index (χ1v) is 7.01. The number of hydrogen-bond acceptors (Lipinski definition) is 6. The number of nitrogens with zero attached hydrogens (tertiary/aromatic N) is 1. The molecular formula is C17H18N2O5. The highest BCUT2D eigenvalue weighted by Gasteiger charge is 2.16. The molecule has 0 saturated heterocycles. The van der Waals surface area contributed by atoms with Gasteiger partial charge in [-0.3, -0.25) is 4.79 Å². The van der Waals surface area contributed by atoms with Crippen molar-refractivity contribution in [1.82, 2.24) is 5.43 Å². The number of ether oxygens (including phenoxy) is 3. The van der Waals surface area contributed by atoms with Crippen molar-refractivity contribution in [3.05, 3.63) is 47.5 Å². The van der Waals surface area contributed by atoms with Crippen LogP contribution in [-0.4, -0.2) is 38.6 Å². The number of carbonyl (C=O) groups excluding carboxylic acids is 1. The van der Waals surface area contributed by atoms with Gasteiger partial charge >= 0.3 is 0 Å². The van der Waals surface area contributed by atoms with E-state index in [2.05, 4.69) is 10.5 Å². The van der Waals surface area contributed by atoms with Gasteiger partial charge in [-0.25, -0.2) is 5.43 Å². The monoisotopic (exact) mass is 330 g/mol. The van der Waals surface area contributed by atoms with Gasteiger partial charge in [0.05, 0.1) is 27.5 Å². The Labute approximate surface area is 139 Å². The molecule has 0 aliphatic rings. The van der Waals surface area contributed by atoms with Gasteiger partial charge < -0.3 is 19.3 Å². The fourth-order valence-corrected chi connectivity index (χ4v) is 2.05. The topological polar surface area (TPSA) is 89.4 Å². The average Bonchev–Trinajstić information content (AvgIpc) is 2.60. The summed E-state index contributed by atoms with van der Waals surface area (Å²) in [5, 5.41) is 13.2. The van der Waals surface area contributed by atoms with E-state index >= 15 is 0 Å². The van der Waals surface area contributed by atoms with Gasteiger partial charge in [0.25, 0.3) is 5.91 Å². The first kappa shape index (κ1) is 17.1. The number of nitrogens with one attached hydrogen (secondary N) is 1. The highest BCUT2D eigenvalue weighted by Crippen LogP contribution is 2.38. The van der Waals surface area contributed by atoms with E-state index < -0.39 is 5.91 Å². The summed E-state index contributed by atoms with van der Waals surface area (Å²) in [5.74, 6) is 0.832. The predicted molar refractivity (Wildman–Crippen MR) is 89.3 cm³/mol. The highest BCUT2D eigenvalue weighted by atomic mass is 16.5. The van der Waals surface area contributed by atoms with Gasteiger partial charge in [0.1, 0.15) is 5.75 Å². The summed E-state index contributed by atoms with van der Waals surface area (Å²) >= 11 is 0. The van der Waals surface area contributed by atoms with Crippen LogP contribution in [0.3, 0.4) is 0 Å². The number of benzene rings is 2. The van der Waals surface area contributed by atoms with E-state index in [-0.39, 0.29) is 5.75 Å². The minimum Gasteiger partial charge on any atom is -0.508 e. The van der Waals surface area contributed by atoms with E-state index in [0.717, 1.165) is 0 Å². The molecule has 0 aliphatic carbocycles. The third-order valence-corrected chi connectivity index (χ3v) is 3.18. The van der Waals surface area contributed by atoms with Crippen LogP contribution in [0, 0.1) is 0 Å². The summed E-state index contributed by atoms with van der Waals surface area (Å²) in [4.78, 5) is 12.2. The number of methoxy groups -OCH3 is 3. The zero-order valence-corrected chi connectivity index (χ0v) is 13.6. The van der Waals surface area contributed by atoms with Gasteiger partial charge in [-0.1, -0.05) is 12.1 Å². The quantitative estimate of drug-likeness (QED) is 0.626. The van der Waals surface area contributed by atoms with E-state index in [0.29, 0.717) is 28.4 Å². The van der Waals surface area contributed by atoms with Crippen LogP contribution in [-0.2, 0) is 0 Å². The largest absolute Gasteiger partial charge is 0.508 e. The van der Waals surface area contributed by atoms with Gasteiger partial charge in [-0.05, 0) is 29.8 Å². The molecule has 0 unspecified atom stereocenters. The second-order valence-corrected chi connectivity index (χ2v) is 4.71. The Bertz CT molecular complexity index is 733. The molecule has 24 heavy (non-hydrogen) atoms. The van der Waals surface area contributed by atoms with Crippen molar-refractivity contribution < 1.29 is 24.1 Å². The SMILES string of the molecule is COc1cc(C(=O)N/N=C/c2cccc(O)c2)cc(OC)c1OC. The second kappa shape index (κ2) is 7.87. The second-order valence-electron chi connectivity index (χ2n) is 4.71. The molecule has 0 aromatic heterocycles. The number of carbonyl (C=O) groups is 1. The maximum atomic E-state index is 12.2. The molecule has 2 aromatic carbocycles. The molecule has 2 rings (SSSR count). The number of hydrazone groups is 1. The molecule has 0 atom stereocenters. The molecule has 0 saturated carbocycles. The normalized spacial score (nSPS) is 10.5. The van der Waals surface area contributed by atoms with Crippen LogP contribution in [0.15, 0.2) is 41.5 Å². The first-order valence-electron chi connectivity index (χ1n) is 7.01. The lowest BCUT2D eigenvalue weighted by molar-refractivity contribution is 0.0954. The lowest BCUT2D eigenvalue weighted by Gasteiger charge is -2.13. The lowest BCUT2D eigenvalue weighted by atomic mass is 10.1. The number of rotatable bonds is 6. The summed E-state index contributed by atoms with van der Waals surface area (Å²) in [6.45, 7) is 0. The zero-order valence-electron chi connectivity index (χ0n) is 13.6. The van der Waals surface area contributed by atoms with Crippen molar-refractivity contribution in [1.29, 1.82) is 0 Å². The third-order valence-electron chi connectivity index (χ3n) is 3.18. The van der Waals surface area contributed by atoms with Crippen molar-refractivity contribution in [2.75, 3.05) is 21.3 Å². The van der Waals surface area contributed by atoms with Gasteiger partial charge in [0.15, 0.2) is 11.5 Å². The molecule has 0 spiro atoms. The molecule has 0 aliphatic heterocycles. The molecule has 2 N–H and O–H groups in total. The van der Waals surface area contributed by atoms with Crippen LogP contribution in [0.1, 0.15) is 15.9 Å². The Morgan fingerprint density at radius 1 is 1.08 bits per heavy atom. The molecule has 0 radical (unpaired) electrons. The number of phenolic OH excluding ortho intramolecular Hbond substituents is 1. The lowest BCUT2D eigenvalue weighted by Crippen LogP contribution is -2.18. The van der Waals surface area contributed by atoms with Crippen LogP contribution in [0.2, 0.25) is 0 Å². The first-order chi connectivity index (χ1) is 11.6. The van der Waals surface area contributed by atoms with Gasteiger partial charge in [0, 0.05) is 5.56 Å². The number of aromatic hydroxyl groups is 1. The fraction of sp³-hybridized carbons (Fsp3) is 0.176. The number of amides is 1. The summed E-state index contributed by atoms with van der Waals surface area (Å²) in [5.41, 5.74) is 3.36. The Hall–Kier alpha value is -3.22.